The number of carboxylic acids is 1. The lowest BCUT2D eigenvalue weighted by atomic mass is 9.88. The van der Waals surface area contributed by atoms with Gasteiger partial charge in [0.1, 0.15) is 5.69 Å². The highest BCUT2D eigenvalue weighted by Crippen LogP contribution is 2.20. The van der Waals surface area contributed by atoms with E-state index in [0.717, 1.165) is 6.42 Å². The Morgan fingerprint density at radius 2 is 2.11 bits per heavy atom. The molecule has 1 atom stereocenters. The predicted octanol–water partition coefficient (Wildman–Crippen LogP) is 2.27. The molecule has 0 bridgehead atoms. The van der Waals surface area contributed by atoms with Crippen molar-refractivity contribution in [3.8, 4) is 0 Å². The Kier molecular flexibility index (Phi) is 6.12. The molecule has 5 heteroatoms. The fourth-order valence-corrected chi connectivity index (χ4v) is 2.06. The maximum atomic E-state index is 11.7. The zero-order valence-electron chi connectivity index (χ0n) is 11.5. The minimum atomic E-state index is -0.763. The van der Waals surface area contributed by atoms with Crippen LogP contribution in [-0.2, 0) is 4.79 Å². The average molecular weight is 266 g/mol. The molecular weight excluding hydrogens is 244 g/mol. The van der Waals surface area contributed by atoms with E-state index >= 15 is 0 Å². The number of amides is 1. The summed E-state index contributed by atoms with van der Waals surface area (Å²) in [5.74, 6) is -0.145. The van der Waals surface area contributed by atoms with Crippen molar-refractivity contribution in [3.63, 3.8) is 0 Å². The molecule has 0 aliphatic rings. The third kappa shape index (κ3) is 5.59. The number of hydrogen-bond acceptors (Lipinski definition) is 2. The predicted molar refractivity (Wildman–Crippen MR) is 72.9 cm³/mol. The van der Waals surface area contributed by atoms with Crippen molar-refractivity contribution in [1.29, 1.82) is 0 Å². The first kappa shape index (κ1) is 15.3. The van der Waals surface area contributed by atoms with Gasteiger partial charge in [0.05, 0.1) is 0 Å². The number of nitrogens with one attached hydrogen (secondary N) is 2. The SMILES string of the molecule is CC(C)C(CCNC(=O)c1ccc[nH]1)CCC(=O)O. The molecule has 1 heterocycles. The Labute approximate surface area is 113 Å². The van der Waals surface area contributed by atoms with Gasteiger partial charge in [-0.2, -0.15) is 0 Å². The van der Waals surface area contributed by atoms with Crippen molar-refractivity contribution in [3.05, 3.63) is 24.0 Å². The van der Waals surface area contributed by atoms with E-state index in [1.54, 1.807) is 18.3 Å². The summed E-state index contributed by atoms with van der Waals surface area (Å²) in [5, 5.41) is 11.5. The standard InChI is InChI=1S/C14H22N2O3/c1-10(2)11(5-6-13(17)18)7-9-16-14(19)12-4-3-8-15-12/h3-4,8,10-11,15H,5-7,9H2,1-2H3,(H,16,19)(H,17,18). The van der Waals surface area contributed by atoms with Gasteiger partial charge in [0.2, 0.25) is 0 Å². The van der Waals surface area contributed by atoms with Gasteiger partial charge < -0.3 is 15.4 Å². The molecule has 106 valence electrons. The maximum Gasteiger partial charge on any atom is 0.303 e. The van der Waals surface area contributed by atoms with Crippen molar-refractivity contribution < 1.29 is 14.7 Å². The second kappa shape index (κ2) is 7.61. The summed E-state index contributed by atoms with van der Waals surface area (Å²) in [4.78, 5) is 25.1. The molecule has 3 N–H and O–H groups in total. The Morgan fingerprint density at radius 1 is 1.37 bits per heavy atom. The lowest BCUT2D eigenvalue weighted by Gasteiger charge is -2.20. The number of hydrogen-bond donors (Lipinski definition) is 3. The molecule has 5 nitrogen and oxygen atoms in total. The molecule has 0 radical (unpaired) electrons. The molecule has 1 amide bonds. The van der Waals surface area contributed by atoms with E-state index in [2.05, 4.69) is 24.1 Å². The van der Waals surface area contributed by atoms with Gasteiger partial charge in [-0.05, 0) is 36.8 Å². The zero-order chi connectivity index (χ0) is 14.3. The summed E-state index contributed by atoms with van der Waals surface area (Å²) in [5.41, 5.74) is 0.548. The van der Waals surface area contributed by atoms with Crippen LogP contribution in [0.15, 0.2) is 18.3 Å². The summed E-state index contributed by atoms with van der Waals surface area (Å²) in [6.45, 7) is 4.74. The van der Waals surface area contributed by atoms with Crippen LogP contribution in [0.3, 0.4) is 0 Å². The molecule has 0 spiro atoms. The lowest BCUT2D eigenvalue weighted by Crippen LogP contribution is -2.27. The van der Waals surface area contributed by atoms with E-state index in [1.165, 1.54) is 0 Å². The molecule has 1 rings (SSSR count). The van der Waals surface area contributed by atoms with Gasteiger partial charge in [0.15, 0.2) is 0 Å². The van der Waals surface area contributed by atoms with Crippen LogP contribution in [-0.4, -0.2) is 28.5 Å². The second-order valence-electron chi connectivity index (χ2n) is 5.06. The third-order valence-electron chi connectivity index (χ3n) is 3.32. The normalized spacial score (nSPS) is 12.4. The van der Waals surface area contributed by atoms with Gasteiger partial charge in [0.25, 0.3) is 5.91 Å². The minimum absolute atomic E-state index is 0.120. The number of carbonyl (C=O) groups excluding carboxylic acids is 1. The molecule has 0 fully saturated rings. The maximum absolute atomic E-state index is 11.7. The van der Waals surface area contributed by atoms with E-state index in [9.17, 15) is 9.59 Å². The number of aromatic amines is 1. The number of aromatic nitrogens is 1. The van der Waals surface area contributed by atoms with Crippen molar-refractivity contribution in [2.45, 2.75) is 33.1 Å². The van der Waals surface area contributed by atoms with Gasteiger partial charge in [-0.1, -0.05) is 13.8 Å². The lowest BCUT2D eigenvalue weighted by molar-refractivity contribution is -0.137. The van der Waals surface area contributed by atoms with Gasteiger partial charge in [-0.15, -0.1) is 0 Å². The van der Waals surface area contributed by atoms with Crippen LogP contribution in [0.1, 0.15) is 43.6 Å². The number of carbonyl (C=O) groups is 2. The van der Waals surface area contributed by atoms with Crippen LogP contribution in [0.4, 0.5) is 0 Å². The Morgan fingerprint density at radius 3 is 2.63 bits per heavy atom. The van der Waals surface area contributed by atoms with Crippen LogP contribution in [0.2, 0.25) is 0 Å². The first-order valence-electron chi connectivity index (χ1n) is 6.64. The van der Waals surface area contributed by atoms with Crippen molar-refractivity contribution in [2.24, 2.45) is 11.8 Å². The summed E-state index contributed by atoms with van der Waals surface area (Å²) in [6.07, 6.45) is 3.36. The molecule has 1 aromatic rings. The monoisotopic (exact) mass is 266 g/mol. The van der Waals surface area contributed by atoms with Gasteiger partial charge >= 0.3 is 5.97 Å². The highest BCUT2D eigenvalue weighted by Gasteiger charge is 2.15. The third-order valence-corrected chi connectivity index (χ3v) is 3.32. The highest BCUT2D eigenvalue weighted by atomic mass is 16.4. The van der Waals surface area contributed by atoms with Gasteiger partial charge in [-0.25, -0.2) is 0 Å². The van der Waals surface area contributed by atoms with E-state index in [1.807, 2.05) is 0 Å². The van der Waals surface area contributed by atoms with Crippen molar-refractivity contribution in [1.82, 2.24) is 10.3 Å². The van der Waals surface area contributed by atoms with E-state index in [4.69, 9.17) is 5.11 Å². The fraction of sp³-hybridized carbons (Fsp3) is 0.571. The van der Waals surface area contributed by atoms with Crippen molar-refractivity contribution >= 4 is 11.9 Å². The average Bonchev–Trinajstić information content (AvgIpc) is 2.86. The molecule has 19 heavy (non-hydrogen) atoms. The van der Waals surface area contributed by atoms with Crippen molar-refractivity contribution in [2.75, 3.05) is 6.54 Å². The first-order chi connectivity index (χ1) is 9.00. The molecule has 0 aliphatic heterocycles. The minimum Gasteiger partial charge on any atom is -0.481 e. The van der Waals surface area contributed by atoms with Gasteiger partial charge in [0, 0.05) is 19.2 Å². The Balaban J connectivity index is 2.32. The largest absolute Gasteiger partial charge is 0.481 e. The molecule has 0 aliphatic carbocycles. The summed E-state index contributed by atoms with van der Waals surface area (Å²) in [7, 11) is 0. The quantitative estimate of drug-likeness (QED) is 0.675. The fourth-order valence-electron chi connectivity index (χ4n) is 2.06. The molecule has 0 saturated heterocycles. The van der Waals surface area contributed by atoms with E-state index in [0.29, 0.717) is 30.5 Å². The topological polar surface area (TPSA) is 82.2 Å². The molecule has 1 unspecified atom stereocenters. The number of rotatable bonds is 8. The summed E-state index contributed by atoms with van der Waals surface area (Å²) < 4.78 is 0. The zero-order valence-corrected chi connectivity index (χ0v) is 11.5. The highest BCUT2D eigenvalue weighted by molar-refractivity contribution is 5.92. The van der Waals surface area contributed by atoms with Crippen LogP contribution >= 0.6 is 0 Å². The first-order valence-corrected chi connectivity index (χ1v) is 6.64. The van der Waals surface area contributed by atoms with Gasteiger partial charge in [-0.3, -0.25) is 9.59 Å². The van der Waals surface area contributed by atoms with E-state index < -0.39 is 5.97 Å². The molecule has 0 saturated carbocycles. The number of H-pyrrole nitrogens is 1. The Bertz CT molecular complexity index is 399. The number of aliphatic carboxylic acids is 1. The molecule has 0 aromatic carbocycles. The van der Waals surface area contributed by atoms with Crippen LogP contribution < -0.4 is 5.32 Å². The van der Waals surface area contributed by atoms with Crippen LogP contribution in [0.5, 0.6) is 0 Å². The smallest absolute Gasteiger partial charge is 0.303 e. The van der Waals surface area contributed by atoms with Crippen LogP contribution in [0, 0.1) is 11.8 Å². The second-order valence-corrected chi connectivity index (χ2v) is 5.06. The molecule has 1 aromatic heterocycles. The molecular formula is C14H22N2O3. The van der Waals surface area contributed by atoms with Crippen LogP contribution in [0.25, 0.3) is 0 Å². The summed E-state index contributed by atoms with van der Waals surface area (Å²) in [6, 6.07) is 3.50. The number of carboxylic acid groups (broad SMARTS) is 1. The van der Waals surface area contributed by atoms with E-state index in [-0.39, 0.29) is 12.3 Å². The summed E-state index contributed by atoms with van der Waals surface area (Å²) >= 11 is 0. The Hall–Kier alpha value is -1.78.